The smallest absolute Gasteiger partial charge is 0.232 e. The van der Waals surface area contributed by atoms with E-state index in [2.05, 4.69) is 10.1 Å². The first-order chi connectivity index (χ1) is 8.59. The van der Waals surface area contributed by atoms with E-state index in [1.165, 1.54) is 0 Å². The first-order valence-corrected chi connectivity index (χ1v) is 7.46. The van der Waals surface area contributed by atoms with Crippen LogP contribution in [0.1, 0.15) is 44.5 Å². The van der Waals surface area contributed by atoms with Gasteiger partial charge in [0, 0.05) is 11.5 Å². The van der Waals surface area contributed by atoms with E-state index in [0.29, 0.717) is 11.7 Å². The van der Waals surface area contributed by atoms with Crippen molar-refractivity contribution >= 4 is 11.8 Å². The molecular weight excluding hydrogens is 252 g/mol. The van der Waals surface area contributed by atoms with Gasteiger partial charge in [0.15, 0.2) is 0 Å². The van der Waals surface area contributed by atoms with Crippen molar-refractivity contribution in [2.45, 2.75) is 38.9 Å². The van der Waals surface area contributed by atoms with Crippen LogP contribution in [0.25, 0.3) is 0 Å². The highest BCUT2D eigenvalue weighted by Crippen LogP contribution is 2.29. The molecular formula is C12H20N2O3S. The lowest BCUT2D eigenvalue weighted by Crippen LogP contribution is -2.21. The summed E-state index contributed by atoms with van der Waals surface area (Å²) in [7, 11) is 0. The number of aliphatic hydroxyl groups is 1. The third-order valence-electron chi connectivity index (χ3n) is 3.08. The minimum Gasteiger partial charge on any atom is -0.393 e. The van der Waals surface area contributed by atoms with Gasteiger partial charge < -0.3 is 14.4 Å². The minimum atomic E-state index is -0.500. The molecule has 18 heavy (non-hydrogen) atoms. The van der Waals surface area contributed by atoms with Crippen LogP contribution in [-0.4, -0.2) is 39.5 Å². The van der Waals surface area contributed by atoms with E-state index in [1.54, 1.807) is 6.92 Å². The second-order valence-corrected chi connectivity index (χ2v) is 6.09. The zero-order valence-electron chi connectivity index (χ0n) is 11.0. The molecule has 2 rings (SSSR count). The zero-order chi connectivity index (χ0) is 13.1. The lowest BCUT2D eigenvalue weighted by molar-refractivity contribution is 0.0677. The van der Waals surface area contributed by atoms with Gasteiger partial charge in [0.1, 0.15) is 6.10 Å². The molecule has 1 aliphatic rings. The number of thioether (sulfide) groups is 1. The van der Waals surface area contributed by atoms with Gasteiger partial charge in [-0.1, -0.05) is 19.0 Å². The molecule has 1 aliphatic heterocycles. The monoisotopic (exact) mass is 272 g/mol. The lowest BCUT2D eigenvalue weighted by atomic mass is 9.91. The van der Waals surface area contributed by atoms with Crippen molar-refractivity contribution in [1.82, 2.24) is 10.1 Å². The molecule has 3 unspecified atom stereocenters. The number of nitrogens with zero attached hydrogens (tertiary/aromatic N) is 2. The summed E-state index contributed by atoms with van der Waals surface area (Å²) in [4.78, 5) is 4.40. The van der Waals surface area contributed by atoms with Gasteiger partial charge in [0.2, 0.25) is 11.7 Å². The molecule has 1 aromatic rings. The molecule has 102 valence electrons. The van der Waals surface area contributed by atoms with Crippen molar-refractivity contribution in [3.8, 4) is 0 Å². The van der Waals surface area contributed by atoms with Gasteiger partial charge >= 0.3 is 0 Å². The molecule has 0 aliphatic carbocycles. The van der Waals surface area contributed by atoms with Gasteiger partial charge in [-0.25, -0.2) is 0 Å². The van der Waals surface area contributed by atoms with Crippen molar-refractivity contribution in [2.24, 2.45) is 5.92 Å². The van der Waals surface area contributed by atoms with Crippen molar-refractivity contribution < 1.29 is 14.4 Å². The summed E-state index contributed by atoms with van der Waals surface area (Å²) in [6, 6.07) is 0. The van der Waals surface area contributed by atoms with Gasteiger partial charge in [-0.15, -0.1) is 0 Å². The highest BCUT2D eigenvalue weighted by atomic mass is 32.2. The van der Waals surface area contributed by atoms with Crippen LogP contribution in [0.4, 0.5) is 0 Å². The molecule has 0 spiro atoms. The van der Waals surface area contributed by atoms with Crippen LogP contribution >= 0.6 is 11.8 Å². The fraction of sp³-hybridized carbons (Fsp3) is 0.833. The Balaban J connectivity index is 2.13. The van der Waals surface area contributed by atoms with E-state index in [-0.39, 0.29) is 17.9 Å². The van der Waals surface area contributed by atoms with Gasteiger partial charge in [0.25, 0.3) is 0 Å². The molecule has 0 radical (unpaired) electrons. The maximum atomic E-state index is 9.79. The van der Waals surface area contributed by atoms with Crippen LogP contribution in [0.2, 0.25) is 0 Å². The maximum Gasteiger partial charge on any atom is 0.232 e. The standard InChI is InChI=1S/C12H20N2O3S/c1-7(2)10(8(3)15)12-13-11(14-17-12)9-6-18-5-4-16-9/h7-10,15H,4-6H2,1-3H3. The molecule has 1 aromatic heterocycles. The molecule has 1 saturated heterocycles. The fourth-order valence-corrected chi connectivity index (χ4v) is 3.04. The largest absolute Gasteiger partial charge is 0.393 e. The summed E-state index contributed by atoms with van der Waals surface area (Å²) < 4.78 is 10.9. The van der Waals surface area contributed by atoms with Crippen molar-refractivity contribution in [2.75, 3.05) is 18.1 Å². The van der Waals surface area contributed by atoms with Crippen LogP contribution in [0.3, 0.4) is 0 Å². The van der Waals surface area contributed by atoms with Crippen LogP contribution in [-0.2, 0) is 4.74 Å². The van der Waals surface area contributed by atoms with Crippen LogP contribution in [0, 0.1) is 5.92 Å². The van der Waals surface area contributed by atoms with Crippen molar-refractivity contribution in [1.29, 1.82) is 0 Å². The Hall–Kier alpha value is -0.590. The predicted octanol–water partition coefficient (Wildman–Crippen LogP) is 1.99. The minimum absolute atomic E-state index is 0.0805. The summed E-state index contributed by atoms with van der Waals surface area (Å²) in [6.45, 7) is 6.55. The molecule has 0 bridgehead atoms. The third-order valence-corrected chi connectivity index (χ3v) is 4.08. The Morgan fingerprint density at radius 1 is 1.39 bits per heavy atom. The Morgan fingerprint density at radius 2 is 2.17 bits per heavy atom. The number of hydrogen-bond donors (Lipinski definition) is 1. The van der Waals surface area contributed by atoms with Crippen molar-refractivity contribution in [3.63, 3.8) is 0 Å². The van der Waals surface area contributed by atoms with Gasteiger partial charge in [-0.2, -0.15) is 16.7 Å². The molecule has 1 N–H and O–H groups in total. The van der Waals surface area contributed by atoms with E-state index in [1.807, 2.05) is 25.6 Å². The highest BCUT2D eigenvalue weighted by Gasteiger charge is 2.29. The molecule has 1 fully saturated rings. The molecule has 2 heterocycles. The van der Waals surface area contributed by atoms with E-state index in [0.717, 1.165) is 18.1 Å². The molecule has 0 saturated carbocycles. The second-order valence-electron chi connectivity index (χ2n) is 4.94. The summed E-state index contributed by atoms with van der Waals surface area (Å²) in [5.41, 5.74) is 0. The highest BCUT2D eigenvalue weighted by molar-refractivity contribution is 7.99. The first-order valence-electron chi connectivity index (χ1n) is 6.30. The van der Waals surface area contributed by atoms with Crippen LogP contribution < -0.4 is 0 Å². The fourth-order valence-electron chi connectivity index (χ4n) is 2.20. The zero-order valence-corrected chi connectivity index (χ0v) is 11.8. The van der Waals surface area contributed by atoms with Crippen LogP contribution in [0.15, 0.2) is 4.52 Å². The van der Waals surface area contributed by atoms with E-state index < -0.39 is 6.10 Å². The SMILES string of the molecule is CC(C)C(c1nc(C2CSCCO2)no1)C(C)O. The average Bonchev–Trinajstić information content (AvgIpc) is 2.78. The number of rotatable bonds is 4. The summed E-state index contributed by atoms with van der Waals surface area (Å²) >= 11 is 1.83. The van der Waals surface area contributed by atoms with Gasteiger partial charge in [-0.05, 0) is 12.8 Å². The Kier molecular flexibility index (Phi) is 4.64. The van der Waals surface area contributed by atoms with E-state index in [4.69, 9.17) is 9.26 Å². The third kappa shape index (κ3) is 3.05. The van der Waals surface area contributed by atoms with Gasteiger partial charge in [-0.3, -0.25) is 0 Å². The number of aliphatic hydroxyl groups excluding tert-OH is 1. The van der Waals surface area contributed by atoms with E-state index >= 15 is 0 Å². The number of aromatic nitrogens is 2. The summed E-state index contributed by atoms with van der Waals surface area (Å²) in [5.74, 6) is 3.11. The summed E-state index contributed by atoms with van der Waals surface area (Å²) in [5, 5.41) is 13.8. The normalized spacial score (nSPS) is 24.2. The second kappa shape index (κ2) is 6.04. The molecule has 3 atom stereocenters. The number of ether oxygens (including phenoxy) is 1. The Bertz CT molecular complexity index is 367. The topological polar surface area (TPSA) is 68.4 Å². The van der Waals surface area contributed by atoms with Gasteiger partial charge in [0.05, 0.1) is 18.6 Å². The Labute approximate surface area is 111 Å². The van der Waals surface area contributed by atoms with Crippen molar-refractivity contribution in [3.05, 3.63) is 11.7 Å². The molecule has 0 aromatic carbocycles. The number of hydrogen-bond acceptors (Lipinski definition) is 6. The first kappa shape index (κ1) is 13.8. The quantitative estimate of drug-likeness (QED) is 0.904. The lowest BCUT2D eigenvalue weighted by Gasteiger charge is -2.20. The molecule has 5 nitrogen and oxygen atoms in total. The maximum absolute atomic E-state index is 9.79. The molecule has 6 heteroatoms. The Morgan fingerprint density at radius 3 is 2.72 bits per heavy atom. The van der Waals surface area contributed by atoms with E-state index in [9.17, 15) is 5.11 Å². The van der Waals surface area contributed by atoms with Crippen LogP contribution in [0.5, 0.6) is 0 Å². The average molecular weight is 272 g/mol. The predicted molar refractivity (Wildman–Crippen MR) is 69.6 cm³/mol. The molecule has 0 amide bonds. The summed E-state index contributed by atoms with van der Waals surface area (Å²) in [6.07, 6.45) is -0.581.